The van der Waals surface area contributed by atoms with Crippen molar-refractivity contribution >= 4 is 28.4 Å². The van der Waals surface area contributed by atoms with Crippen LogP contribution in [0.15, 0.2) is 4.99 Å². The van der Waals surface area contributed by atoms with Gasteiger partial charge in [0.1, 0.15) is 10.7 Å². The summed E-state index contributed by atoms with van der Waals surface area (Å²) < 4.78 is 0. The van der Waals surface area contributed by atoms with E-state index in [2.05, 4.69) is 4.99 Å². The first kappa shape index (κ1) is 8.25. The van der Waals surface area contributed by atoms with E-state index in [9.17, 15) is 0 Å². The quantitative estimate of drug-likeness (QED) is 0.329. The summed E-state index contributed by atoms with van der Waals surface area (Å²) in [5, 5.41) is 0.590. The summed E-state index contributed by atoms with van der Waals surface area (Å²) in [5.74, 6) is 0. The number of rotatable bonds is 2. The van der Waals surface area contributed by atoms with E-state index in [1.54, 1.807) is 6.92 Å². The normalized spacial score (nSPS) is 16.2. The first-order valence-corrected chi connectivity index (χ1v) is 3.34. The summed E-state index contributed by atoms with van der Waals surface area (Å²) in [6.07, 6.45) is 0.763. The van der Waals surface area contributed by atoms with Gasteiger partial charge >= 0.3 is 0 Å². The van der Waals surface area contributed by atoms with Crippen molar-refractivity contribution in [3.8, 4) is 0 Å². The highest BCUT2D eigenvalue weighted by Crippen LogP contribution is 2.00. The molecule has 0 radical (unpaired) electrons. The molecule has 0 amide bonds. The lowest BCUT2D eigenvalue weighted by atomic mass is 10.5. The molecule has 1 atom stereocenters. The summed E-state index contributed by atoms with van der Waals surface area (Å²) >= 11 is 11.0. The van der Waals surface area contributed by atoms with Gasteiger partial charge in [-0.1, -0.05) is 30.1 Å². The van der Waals surface area contributed by atoms with E-state index in [1.165, 1.54) is 0 Å². The van der Waals surface area contributed by atoms with E-state index in [-0.39, 0.29) is 5.50 Å². The summed E-state index contributed by atoms with van der Waals surface area (Å²) in [4.78, 5) is 3.84. The van der Waals surface area contributed by atoms with Crippen molar-refractivity contribution in [2.45, 2.75) is 25.8 Å². The molecular weight excluding hydrogens is 145 g/mol. The van der Waals surface area contributed by atoms with Gasteiger partial charge in [-0.2, -0.15) is 0 Å². The van der Waals surface area contributed by atoms with Crippen LogP contribution in [-0.2, 0) is 0 Å². The maximum atomic E-state index is 5.53. The average molecular weight is 154 g/mol. The number of aliphatic imine (C=N–C) groups is 1. The molecule has 0 aromatic heterocycles. The lowest BCUT2D eigenvalue weighted by Gasteiger charge is -1.93. The molecule has 0 rings (SSSR count). The fraction of sp³-hybridized carbons (Fsp3) is 0.800. The van der Waals surface area contributed by atoms with Crippen molar-refractivity contribution < 1.29 is 0 Å². The number of hydrogen-bond donors (Lipinski definition) is 0. The van der Waals surface area contributed by atoms with Gasteiger partial charge in [0.15, 0.2) is 0 Å². The van der Waals surface area contributed by atoms with E-state index >= 15 is 0 Å². The van der Waals surface area contributed by atoms with Crippen LogP contribution in [0.4, 0.5) is 0 Å². The molecule has 0 bridgehead atoms. The van der Waals surface area contributed by atoms with E-state index in [0.29, 0.717) is 5.17 Å². The zero-order valence-electron chi connectivity index (χ0n) is 4.99. The highest BCUT2D eigenvalue weighted by molar-refractivity contribution is 6.65. The van der Waals surface area contributed by atoms with Crippen LogP contribution in [0.3, 0.4) is 0 Å². The first-order valence-electron chi connectivity index (χ1n) is 2.53. The van der Waals surface area contributed by atoms with Gasteiger partial charge in [0.05, 0.1) is 0 Å². The fourth-order valence-corrected chi connectivity index (χ4v) is 0.598. The Kier molecular flexibility index (Phi) is 4.29. The van der Waals surface area contributed by atoms with E-state index in [0.717, 1.165) is 6.42 Å². The van der Waals surface area contributed by atoms with Crippen molar-refractivity contribution in [1.82, 2.24) is 0 Å². The van der Waals surface area contributed by atoms with E-state index in [4.69, 9.17) is 23.2 Å². The third kappa shape index (κ3) is 4.41. The molecule has 0 heterocycles. The number of alkyl halides is 1. The van der Waals surface area contributed by atoms with Gasteiger partial charge in [-0.25, -0.2) is 0 Å². The van der Waals surface area contributed by atoms with Gasteiger partial charge in [-0.15, -0.1) is 0 Å². The fourth-order valence-electron chi connectivity index (χ4n) is 0.284. The summed E-state index contributed by atoms with van der Waals surface area (Å²) in [6.45, 7) is 3.71. The Bertz CT molecular complexity index is 88.4. The molecule has 0 aromatic carbocycles. The minimum Gasteiger partial charge on any atom is -0.259 e. The zero-order valence-corrected chi connectivity index (χ0v) is 6.50. The molecule has 1 nitrogen and oxygen atoms in total. The Morgan fingerprint density at radius 3 is 2.38 bits per heavy atom. The lowest BCUT2D eigenvalue weighted by molar-refractivity contribution is 1.02. The first-order chi connectivity index (χ1) is 3.66. The summed E-state index contributed by atoms with van der Waals surface area (Å²) in [7, 11) is 0. The Morgan fingerprint density at radius 1 is 1.75 bits per heavy atom. The van der Waals surface area contributed by atoms with Crippen LogP contribution in [0.2, 0.25) is 0 Å². The second kappa shape index (κ2) is 4.16. The van der Waals surface area contributed by atoms with Crippen molar-refractivity contribution in [2.75, 3.05) is 0 Å². The van der Waals surface area contributed by atoms with Crippen LogP contribution in [0.5, 0.6) is 0 Å². The standard InChI is InChI=1S/C5H9Cl2N/c1-3-5(7)8-4(2)6/h4H,3H2,1-2H3/b8-5+. The second-order valence-corrected chi connectivity index (χ2v) is 2.50. The molecule has 0 spiro atoms. The molecule has 0 N–H and O–H groups in total. The van der Waals surface area contributed by atoms with E-state index in [1.807, 2.05) is 6.92 Å². The van der Waals surface area contributed by atoms with Crippen LogP contribution in [0.25, 0.3) is 0 Å². The van der Waals surface area contributed by atoms with Crippen molar-refractivity contribution in [3.05, 3.63) is 0 Å². The highest BCUT2D eigenvalue weighted by Gasteiger charge is 1.91. The minimum absolute atomic E-state index is 0.192. The van der Waals surface area contributed by atoms with Crippen LogP contribution in [0, 0.1) is 0 Å². The minimum atomic E-state index is -0.192. The third-order valence-corrected chi connectivity index (χ3v) is 1.07. The van der Waals surface area contributed by atoms with Crippen molar-refractivity contribution in [2.24, 2.45) is 4.99 Å². The number of nitrogens with zero attached hydrogens (tertiary/aromatic N) is 1. The maximum Gasteiger partial charge on any atom is 0.122 e. The summed E-state index contributed by atoms with van der Waals surface area (Å²) in [5.41, 5.74) is -0.192. The molecule has 3 heteroatoms. The van der Waals surface area contributed by atoms with Crippen LogP contribution < -0.4 is 0 Å². The SMILES string of the molecule is CC/C(Cl)=N\C(C)Cl. The van der Waals surface area contributed by atoms with Crippen molar-refractivity contribution in [1.29, 1.82) is 0 Å². The van der Waals surface area contributed by atoms with Crippen LogP contribution in [-0.4, -0.2) is 10.7 Å². The van der Waals surface area contributed by atoms with Gasteiger partial charge in [0, 0.05) is 0 Å². The monoisotopic (exact) mass is 153 g/mol. The zero-order chi connectivity index (χ0) is 6.57. The van der Waals surface area contributed by atoms with Gasteiger partial charge in [0.25, 0.3) is 0 Å². The second-order valence-electron chi connectivity index (χ2n) is 1.43. The largest absolute Gasteiger partial charge is 0.259 e. The van der Waals surface area contributed by atoms with Gasteiger partial charge in [-0.05, 0) is 13.3 Å². The molecule has 0 aromatic rings. The average Bonchev–Trinajstić information content (AvgIpc) is 1.65. The molecule has 0 aliphatic rings. The molecular formula is C5H9Cl2N. The Morgan fingerprint density at radius 2 is 2.25 bits per heavy atom. The predicted molar refractivity (Wildman–Crippen MR) is 38.9 cm³/mol. The third-order valence-electron chi connectivity index (χ3n) is 0.610. The molecule has 0 aliphatic heterocycles. The molecule has 48 valence electrons. The highest BCUT2D eigenvalue weighted by atomic mass is 35.5. The molecule has 1 unspecified atom stereocenters. The molecule has 0 fully saturated rings. The Labute approximate surface area is 59.7 Å². The molecule has 0 saturated carbocycles. The van der Waals surface area contributed by atoms with Crippen molar-refractivity contribution in [3.63, 3.8) is 0 Å². The molecule has 8 heavy (non-hydrogen) atoms. The van der Waals surface area contributed by atoms with Crippen LogP contribution >= 0.6 is 23.2 Å². The smallest absolute Gasteiger partial charge is 0.122 e. The topological polar surface area (TPSA) is 12.4 Å². The van der Waals surface area contributed by atoms with Crippen LogP contribution in [0.1, 0.15) is 20.3 Å². The lowest BCUT2D eigenvalue weighted by Crippen LogP contribution is -1.90. The van der Waals surface area contributed by atoms with Gasteiger partial charge < -0.3 is 0 Å². The van der Waals surface area contributed by atoms with E-state index < -0.39 is 0 Å². The van der Waals surface area contributed by atoms with Gasteiger partial charge in [0.2, 0.25) is 0 Å². The maximum absolute atomic E-state index is 5.53. The molecule has 0 saturated heterocycles. The Hall–Kier alpha value is 0.250. The number of hydrogen-bond acceptors (Lipinski definition) is 1. The van der Waals surface area contributed by atoms with Gasteiger partial charge in [-0.3, -0.25) is 4.99 Å². The Balaban J connectivity index is 3.56. The number of halogens is 2. The molecule has 0 aliphatic carbocycles. The summed E-state index contributed by atoms with van der Waals surface area (Å²) in [6, 6.07) is 0. The predicted octanol–water partition coefficient (Wildman–Crippen LogP) is 2.62.